The van der Waals surface area contributed by atoms with Gasteiger partial charge in [-0.1, -0.05) is 76.1 Å². The van der Waals surface area contributed by atoms with E-state index in [0.717, 1.165) is 30.6 Å². The second-order valence-electron chi connectivity index (χ2n) is 7.91. The molecule has 0 aliphatic carbocycles. The van der Waals surface area contributed by atoms with Crippen molar-refractivity contribution in [1.82, 2.24) is 0 Å². The molecule has 0 heterocycles. The molecule has 2 aromatic rings. The van der Waals surface area contributed by atoms with Crippen molar-refractivity contribution in [2.24, 2.45) is 0 Å². The molecule has 4 nitrogen and oxygen atoms in total. The fraction of sp³-hybridized carbons (Fsp3) is 0.429. The summed E-state index contributed by atoms with van der Waals surface area (Å²) in [4.78, 5) is 23.6. The Bertz CT molecular complexity index is 852. The lowest BCUT2D eigenvalue weighted by atomic mass is 10.0. The van der Waals surface area contributed by atoms with Gasteiger partial charge >= 0.3 is 5.97 Å². The van der Waals surface area contributed by atoms with Crippen molar-refractivity contribution >= 4 is 23.9 Å². The lowest BCUT2D eigenvalue weighted by molar-refractivity contribution is -0.103. The van der Waals surface area contributed by atoms with Gasteiger partial charge in [-0.05, 0) is 54.8 Å². The molecule has 0 atom stereocenters. The number of benzene rings is 2. The Morgan fingerprint density at radius 1 is 0.844 bits per heavy atom. The fourth-order valence-corrected chi connectivity index (χ4v) is 3.49. The van der Waals surface area contributed by atoms with Crippen LogP contribution in [-0.4, -0.2) is 25.5 Å². The number of rotatable bonds is 15. The molecule has 0 amide bonds. The van der Waals surface area contributed by atoms with Crippen LogP contribution < -0.4 is 4.74 Å². The summed E-state index contributed by atoms with van der Waals surface area (Å²) < 4.78 is 10.9. The summed E-state index contributed by atoms with van der Waals surface area (Å²) in [6, 6.07) is 14.6. The fourth-order valence-electron chi connectivity index (χ4n) is 3.49. The van der Waals surface area contributed by atoms with Crippen molar-refractivity contribution < 1.29 is 19.1 Å². The Morgan fingerprint density at radius 3 is 2.16 bits per heavy atom. The summed E-state index contributed by atoms with van der Waals surface area (Å²) in [6.45, 7) is 5.05. The highest BCUT2D eigenvalue weighted by molar-refractivity contribution is 6.13. The average Bonchev–Trinajstić information content (AvgIpc) is 2.82. The Hall–Kier alpha value is -2.88. The zero-order valence-electron chi connectivity index (χ0n) is 19.5. The Morgan fingerprint density at radius 2 is 1.50 bits per heavy atom. The molecule has 0 saturated heterocycles. The average molecular weight is 437 g/mol. The summed E-state index contributed by atoms with van der Waals surface area (Å²) in [6.07, 6.45) is 12.8. The SMILES string of the molecule is CCCCCCCCCCOc1ccc(/C=C(\C=O)c2cccc(C(=O)OCC)c2)cc1. The van der Waals surface area contributed by atoms with E-state index in [1.165, 1.54) is 44.9 Å². The third-order valence-corrected chi connectivity index (χ3v) is 5.30. The maximum atomic E-state index is 12.0. The summed E-state index contributed by atoms with van der Waals surface area (Å²) in [5.41, 5.74) is 2.51. The predicted molar refractivity (Wildman–Crippen MR) is 131 cm³/mol. The van der Waals surface area contributed by atoms with Crippen LogP contribution in [0.3, 0.4) is 0 Å². The molecule has 0 aliphatic rings. The van der Waals surface area contributed by atoms with E-state index in [1.807, 2.05) is 30.3 Å². The molecular formula is C28H36O4. The second kappa shape index (κ2) is 15.0. The normalized spacial score (nSPS) is 11.2. The summed E-state index contributed by atoms with van der Waals surface area (Å²) >= 11 is 0. The van der Waals surface area contributed by atoms with Gasteiger partial charge in [0.25, 0.3) is 0 Å². The third-order valence-electron chi connectivity index (χ3n) is 5.30. The monoisotopic (exact) mass is 436 g/mol. The largest absolute Gasteiger partial charge is 0.494 e. The van der Waals surface area contributed by atoms with Crippen LogP contribution in [0.1, 0.15) is 86.7 Å². The number of hydrogen-bond donors (Lipinski definition) is 0. The lowest BCUT2D eigenvalue weighted by Gasteiger charge is -2.07. The number of allylic oxidation sites excluding steroid dienone is 1. The van der Waals surface area contributed by atoms with Crippen molar-refractivity contribution in [3.8, 4) is 5.75 Å². The zero-order valence-corrected chi connectivity index (χ0v) is 19.5. The van der Waals surface area contributed by atoms with Crippen molar-refractivity contribution in [1.29, 1.82) is 0 Å². The second-order valence-corrected chi connectivity index (χ2v) is 7.91. The number of carbonyl (C=O) groups is 2. The van der Waals surface area contributed by atoms with Gasteiger partial charge in [0.15, 0.2) is 6.29 Å². The number of ether oxygens (including phenoxy) is 2. The van der Waals surface area contributed by atoms with Crippen LogP contribution in [0.25, 0.3) is 11.6 Å². The van der Waals surface area contributed by atoms with Gasteiger partial charge in [-0.3, -0.25) is 4.79 Å². The molecule has 0 radical (unpaired) electrons. The van der Waals surface area contributed by atoms with Gasteiger partial charge in [0.05, 0.1) is 18.8 Å². The summed E-state index contributed by atoms with van der Waals surface area (Å²) in [5.74, 6) is 0.444. The highest BCUT2D eigenvalue weighted by atomic mass is 16.5. The first-order valence-corrected chi connectivity index (χ1v) is 11.8. The standard InChI is InChI=1S/C28H36O4/c1-3-5-6-7-8-9-10-11-19-32-27-17-15-23(16-18-27)20-26(22-29)24-13-12-14-25(21-24)28(30)31-4-2/h12-18,20-22H,3-11,19H2,1-2H3/b26-20+. The van der Waals surface area contributed by atoms with Gasteiger partial charge < -0.3 is 9.47 Å². The van der Waals surface area contributed by atoms with Gasteiger partial charge in [0.1, 0.15) is 5.75 Å². The molecule has 0 bridgehead atoms. The van der Waals surface area contributed by atoms with Crippen molar-refractivity contribution in [3.05, 3.63) is 65.2 Å². The maximum absolute atomic E-state index is 12.0. The van der Waals surface area contributed by atoms with E-state index in [2.05, 4.69) is 6.92 Å². The van der Waals surface area contributed by atoms with Crippen molar-refractivity contribution in [2.75, 3.05) is 13.2 Å². The van der Waals surface area contributed by atoms with E-state index in [4.69, 9.17) is 9.47 Å². The molecule has 0 fully saturated rings. The number of aldehydes is 1. The Kier molecular flexibility index (Phi) is 11.9. The van der Waals surface area contributed by atoms with Gasteiger partial charge in [-0.15, -0.1) is 0 Å². The zero-order chi connectivity index (χ0) is 23.0. The van der Waals surface area contributed by atoms with Gasteiger partial charge in [-0.25, -0.2) is 4.79 Å². The first kappa shape index (κ1) is 25.4. The number of carbonyl (C=O) groups excluding carboxylic acids is 2. The van der Waals surface area contributed by atoms with E-state index in [1.54, 1.807) is 31.2 Å². The Labute approximate surface area is 192 Å². The molecule has 32 heavy (non-hydrogen) atoms. The van der Waals surface area contributed by atoms with Crippen LogP contribution in [0.4, 0.5) is 0 Å². The quantitative estimate of drug-likeness (QED) is 0.0980. The smallest absolute Gasteiger partial charge is 0.338 e. The van der Waals surface area contributed by atoms with Crippen molar-refractivity contribution in [3.63, 3.8) is 0 Å². The van der Waals surface area contributed by atoms with E-state index in [0.29, 0.717) is 23.3 Å². The van der Waals surface area contributed by atoms with E-state index in [-0.39, 0.29) is 0 Å². The van der Waals surface area contributed by atoms with E-state index in [9.17, 15) is 9.59 Å². The molecule has 0 spiro atoms. The first-order valence-electron chi connectivity index (χ1n) is 11.8. The highest BCUT2D eigenvalue weighted by Crippen LogP contribution is 2.20. The van der Waals surface area contributed by atoms with E-state index >= 15 is 0 Å². The maximum Gasteiger partial charge on any atom is 0.338 e. The molecule has 172 valence electrons. The minimum atomic E-state index is -0.391. The van der Waals surface area contributed by atoms with Gasteiger partial charge in [0, 0.05) is 5.57 Å². The van der Waals surface area contributed by atoms with Crippen LogP contribution in [0.5, 0.6) is 5.75 Å². The molecule has 0 N–H and O–H groups in total. The van der Waals surface area contributed by atoms with Gasteiger partial charge in [0.2, 0.25) is 0 Å². The molecule has 0 aromatic heterocycles. The molecule has 2 aromatic carbocycles. The van der Waals surface area contributed by atoms with Crippen LogP contribution in [0.2, 0.25) is 0 Å². The molecule has 4 heteroatoms. The molecule has 0 aliphatic heterocycles. The van der Waals surface area contributed by atoms with Crippen molar-refractivity contribution in [2.45, 2.75) is 65.2 Å². The predicted octanol–water partition coefficient (Wildman–Crippen LogP) is 7.12. The number of esters is 1. The van der Waals surface area contributed by atoms with Crippen LogP contribution in [0.15, 0.2) is 48.5 Å². The van der Waals surface area contributed by atoms with Crippen LogP contribution >= 0.6 is 0 Å². The summed E-state index contributed by atoms with van der Waals surface area (Å²) in [5, 5.41) is 0. The first-order chi connectivity index (χ1) is 15.7. The minimum absolute atomic E-state index is 0.312. The van der Waals surface area contributed by atoms with Crippen LogP contribution in [-0.2, 0) is 9.53 Å². The van der Waals surface area contributed by atoms with E-state index < -0.39 is 5.97 Å². The minimum Gasteiger partial charge on any atom is -0.494 e. The molecular weight excluding hydrogens is 400 g/mol. The molecule has 0 saturated carbocycles. The topological polar surface area (TPSA) is 52.6 Å². The molecule has 2 rings (SSSR count). The Balaban J connectivity index is 1.85. The number of unbranched alkanes of at least 4 members (excludes halogenated alkanes) is 7. The molecule has 0 unspecified atom stereocenters. The van der Waals surface area contributed by atoms with Gasteiger partial charge in [-0.2, -0.15) is 0 Å². The third kappa shape index (κ3) is 9.09. The highest BCUT2D eigenvalue weighted by Gasteiger charge is 2.09. The summed E-state index contributed by atoms with van der Waals surface area (Å²) in [7, 11) is 0. The van der Waals surface area contributed by atoms with Crippen LogP contribution in [0, 0.1) is 0 Å². The number of hydrogen-bond acceptors (Lipinski definition) is 4. The lowest BCUT2D eigenvalue weighted by Crippen LogP contribution is -2.04.